The highest BCUT2D eigenvalue weighted by Crippen LogP contribution is 2.34. The topological polar surface area (TPSA) is 32.8 Å². The molecule has 24 heavy (non-hydrogen) atoms. The van der Waals surface area contributed by atoms with E-state index in [0.29, 0.717) is 10.0 Å². The van der Waals surface area contributed by atoms with Crippen LogP contribution in [0.2, 0.25) is 10.0 Å². The van der Waals surface area contributed by atoms with E-state index in [1.807, 2.05) is 56.3 Å². The molecule has 1 aliphatic rings. The molecule has 3 rings (SSSR count). The summed E-state index contributed by atoms with van der Waals surface area (Å²) < 4.78 is 5.65. The molecule has 6 heteroatoms. The van der Waals surface area contributed by atoms with Gasteiger partial charge in [0.1, 0.15) is 13.5 Å². The second-order valence-electron chi connectivity index (χ2n) is 6.15. The summed E-state index contributed by atoms with van der Waals surface area (Å²) in [6, 6.07) is 14.7. The number of benzene rings is 2. The van der Waals surface area contributed by atoms with Crippen molar-refractivity contribution >= 4 is 34.9 Å². The third kappa shape index (κ3) is 3.22. The molecule has 1 aliphatic heterocycles. The Morgan fingerprint density at radius 2 is 1.62 bits per heavy atom. The van der Waals surface area contributed by atoms with Gasteiger partial charge in [0.25, 0.3) is 0 Å². The van der Waals surface area contributed by atoms with Crippen LogP contribution in [0.3, 0.4) is 0 Å². The van der Waals surface area contributed by atoms with Gasteiger partial charge in [-0.15, -0.1) is 0 Å². The predicted molar refractivity (Wildman–Crippen MR) is 96.5 cm³/mol. The number of urea groups is 1. The summed E-state index contributed by atoms with van der Waals surface area (Å²) in [5.74, 6) is 0. The van der Waals surface area contributed by atoms with Gasteiger partial charge >= 0.3 is 6.03 Å². The molecule has 0 unspecified atom stereocenters. The Morgan fingerprint density at radius 1 is 1.00 bits per heavy atom. The highest BCUT2D eigenvalue weighted by molar-refractivity contribution is 6.34. The zero-order valence-corrected chi connectivity index (χ0v) is 15.0. The maximum Gasteiger partial charge on any atom is 0.328 e. The lowest BCUT2D eigenvalue weighted by Crippen LogP contribution is -2.57. The normalized spacial score (nSPS) is 15.8. The molecular formula is C18H18Cl2N2O2. The van der Waals surface area contributed by atoms with Crippen LogP contribution < -0.4 is 4.90 Å². The van der Waals surface area contributed by atoms with Crippen LogP contribution in [0.25, 0.3) is 0 Å². The molecule has 0 radical (unpaired) electrons. The maximum atomic E-state index is 13.0. The minimum Gasteiger partial charge on any atom is -0.340 e. The average Bonchev–Trinajstić information content (AvgIpc) is 2.55. The van der Waals surface area contributed by atoms with Crippen LogP contribution in [-0.2, 0) is 10.3 Å². The number of hydrogen-bond donors (Lipinski definition) is 0. The van der Waals surface area contributed by atoms with Gasteiger partial charge in [0.15, 0.2) is 0 Å². The number of para-hydroxylation sites is 1. The van der Waals surface area contributed by atoms with Gasteiger partial charge in [0.05, 0.1) is 5.54 Å². The van der Waals surface area contributed by atoms with E-state index < -0.39 is 5.54 Å². The molecule has 2 aromatic rings. The third-order valence-electron chi connectivity index (χ3n) is 4.21. The summed E-state index contributed by atoms with van der Waals surface area (Å²) in [6.45, 7) is 4.33. The molecule has 126 valence electrons. The van der Waals surface area contributed by atoms with E-state index in [9.17, 15) is 4.79 Å². The van der Waals surface area contributed by atoms with E-state index >= 15 is 0 Å². The molecular weight excluding hydrogens is 347 g/mol. The Morgan fingerprint density at radius 3 is 2.25 bits per heavy atom. The third-order valence-corrected chi connectivity index (χ3v) is 4.65. The second kappa shape index (κ2) is 6.63. The van der Waals surface area contributed by atoms with Crippen molar-refractivity contribution in [2.24, 2.45) is 0 Å². The van der Waals surface area contributed by atoms with Crippen LogP contribution in [0.1, 0.15) is 19.4 Å². The highest BCUT2D eigenvalue weighted by atomic mass is 35.5. The van der Waals surface area contributed by atoms with Crippen molar-refractivity contribution in [1.82, 2.24) is 4.90 Å². The van der Waals surface area contributed by atoms with Gasteiger partial charge in [0.2, 0.25) is 0 Å². The monoisotopic (exact) mass is 364 g/mol. The quantitative estimate of drug-likeness (QED) is 0.758. The Bertz CT molecular complexity index is 730. The maximum absolute atomic E-state index is 13.0. The fourth-order valence-corrected chi connectivity index (χ4v) is 3.26. The lowest BCUT2D eigenvalue weighted by molar-refractivity contribution is -0.0195. The van der Waals surface area contributed by atoms with Crippen molar-refractivity contribution in [2.45, 2.75) is 19.4 Å². The first-order valence-electron chi connectivity index (χ1n) is 7.58. The van der Waals surface area contributed by atoms with Gasteiger partial charge in [0, 0.05) is 15.7 Å². The molecule has 0 bridgehead atoms. The van der Waals surface area contributed by atoms with E-state index in [2.05, 4.69) is 0 Å². The van der Waals surface area contributed by atoms with E-state index in [1.54, 1.807) is 15.9 Å². The van der Waals surface area contributed by atoms with Gasteiger partial charge in [-0.05, 0) is 49.7 Å². The van der Waals surface area contributed by atoms with Crippen molar-refractivity contribution < 1.29 is 9.53 Å². The summed E-state index contributed by atoms with van der Waals surface area (Å²) in [6.07, 6.45) is 0. The molecule has 0 atom stereocenters. The smallest absolute Gasteiger partial charge is 0.328 e. The first-order valence-corrected chi connectivity index (χ1v) is 8.33. The van der Waals surface area contributed by atoms with Crippen LogP contribution in [0.15, 0.2) is 48.5 Å². The van der Waals surface area contributed by atoms with Crippen molar-refractivity contribution in [3.63, 3.8) is 0 Å². The molecule has 2 aromatic carbocycles. The van der Waals surface area contributed by atoms with Crippen LogP contribution in [0, 0.1) is 0 Å². The molecule has 0 aromatic heterocycles. The Kier molecular flexibility index (Phi) is 4.72. The number of rotatable bonds is 3. The zero-order chi connectivity index (χ0) is 17.3. The molecule has 2 amide bonds. The molecule has 0 saturated carbocycles. The largest absolute Gasteiger partial charge is 0.340 e. The van der Waals surface area contributed by atoms with Gasteiger partial charge in [-0.1, -0.05) is 41.4 Å². The van der Waals surface area contributed by atoms with Crippen molar-refractivity contribution in [1.29, 1.82) is 0 Å². The molecule has 0 aliphatic carbocycles. The second-order valence-corrected chi connectivity index (χ2v) is 7.03. The number of anilines is 1. The minimum absolute atomic E-state index is 0.117. The average molecular weight is 365 g/mol. The van der Waals surface area contributed by atoms with Crippen LogP contribution in [-0.4, -0.2) is 24.4 Å². The van der Waals surface area contributed by atoms with E-state index in [-0.39, 0.29) is 19.5 Å². The van der Waals surface area contributed by atoms with Gasteiger partial charge in [-0.2, -0.15) is 0 Å². The van der Waals surface area contributed by atoms with Gasteiger partial charge < -0.3 is 4.74 Å². The van der Waals surface area contributed by atoms with E-state index in [1.165, 1.54) is 0 Å². The fraction of sp³-hybridized carbons (Fsp3) is 0.278. The highest BCUT2D eigenvalue weighted by Gasteiger charge is 2.38. The lowest BCUT2D eigenvalue weighted by atomic mass is 9.92. The Labute approximate surface area is 151 Å². The van der Waals surface area contributed by atoms with Crippen LogP contribution in [0.5, 0.6) is 0 Å². The summed E-state index contributed by atoms with van der Waals surface area (Å²) in [5.41, 5.74) is 1.03. The molecule has 1 saturated heterocycles. The van der Waals surface area contributed by atoms with Gasteiger partial charge in [-0.25, -0.2) is 4.79 Å². The summed E-state index contributed by atoms with van der Waals surface area (Å²) >= 11 is 12.3. The first kappa shape index (κ1) is 17.1. The van der Waals surface area contributed by atoms with Crippen molar-refractivity contribution in [3.05, 3.63) is 64.1 Å². The molecule has 0 spiro atoms. The predicted octanol–water partition coefficient (Wildman–Crippen LogP) is 5.10. The molecule has 1 heterocycles. The molecule has 4 nitrogen and oxygen atoms in total. The summed E-state index contributed by atoms with van der Waals surface area (Å²) in [7, 11) is 0. The first-order chi connectivity index (χ1) is 11.4. The summed E-state index contributed by atoms with van der Waals surface area (Å²) in [5, 5.41) is 1.08. The van der Waals surface area contributed by atoms with Gasteiger partial charge in [-0.3, -0.25) is 9.80 Å². The van der Waals surface area contributed by atoms with E-state index in [0.717, 1.165) is 11.3 Å². The summed E-state index contributed by atoms with van der Waals surface area (Å²) in [4.78, 5) is 16.3. The number of carbonyl (C=O) groups is 1. The number of amides is 2. The van der Waals surface area contributed by atoms with Crippen LogP contribution in [0.4, 0.5) is 10.5 Å². The number of carbonyl (C=O) groups excluding carboxylic acids is 1. The SMILES string of the molecule is CC(C)(c1cc(Cl)cc(Cl)c1)N1COCN(c2ccccc2)C1=O. The van der Waals surface area contributed by atoms with Crippen LogP contribution >= 0.6 is 23.2 Å². The number of hydrogen-bond acceptors (Lipinski definition) is 2. The molecule has 0 N–H and O–H groups in total. The fourth-order valence-electron chi connectivity index (χ4n) is 2.74. The number of halogens is 2. The van der Waals surface area contributed by atoms with E-state index in [4.69, 9.17) is 27.9 Å². The Balaban J connectivity index is 1.94. The molecule has 1 fully saturated rings. The van der Waals surface area contributed by atoms with Crippen molar-refractivity contribution in [3.8, 4) is 0 Å². The Hall–Kier alpha value is -1.75. The lowest BCUT2D eigenvalue weighted by Gasteiger charge is -2.44. The minimum atomic E-state index is -0.626. The van der Waals surface area contributed by atoms with Crippen molar-refractivity contribution in [2.75, 3.05) is 18.4 Å². The zero-order valence-electron chi connectivity index (χ0n) is 13.5. The number of nitrogens with zero attached hydrogens (tertiary/aromatic N) is 2. The number of ether oxygens (including phenoxy) is 1. The standard InChI is InChI=1S/C18H18Cl2N2O2/c1-18(2,13-8-14(19)10-15(20)9-13)22-12-24-11-21(17(22)23)16-6-4-3-5-7-16/h3-10H,11-12H2,1-2H3.